The van der Waals surface area contributed by atoms with E-state index in [1.807, 2.05) is 35.2 Å². The van der Waals surface area contributed by atoms with Crippen molar-refractivity contribution in [3.63, 3.8) is 0 Å². The molecule has 0 radical (unpaired) electrons. The number of hydrogen-bond donors (Lipinski definition) is 0. The first-order valence-electron chi connectivity index (χ1n) is 9.07. The summed E-state index contributed by atoms with van der Waals surface area (Å²) in [5.74, 6) is 1.02. The van der Waals surface area contributed by atoms with Gasteiger partial charge in [-0.05, 0) is 48.7 Å². The Kier molecular flexibility index (Phi) is 6.50. The largest absolute Gasteiger partial charge is 0.494 e. The number of hydrogen-bond acceptors (Lipinski definition) is 3. The van der Waals surface area contributed by atoms with Gasteiger partial charge in [0.1, 0.15) is 11.8 Å². The van der Waals surface area contributed by atoms with Gasteiger partial charge in [0.05, 0.1) is 23.4 Å². The third kappa shape index (κ3) is 4.79. The van der Waals surface area contributed by atoms with E-state index in [0.29, 0.717) is 25.4 Å². The minimum atomic E-state index is -4.42. The van der Waals surface area contributed by atoms with E-state index < -0.39 is 11.7 Å². The molecule has 7 heteroatoms. The lowest BCUT2D eigenvalue weighted by molar-refractivity contribution is -0.137. The second kappa shape index (κ2) is 8.87. The zero-order valence-electron chi connectivity index (χ0n) is 15.2. The van der Waals surface area contributed by atoms with Crippen LogP contribution in [0.25, 0.3) is 0 Å². The van der Waals surface area contributed by atoms with Crippen molar-refractivity contribution in [3.8, 4) is 11.8 Å². The van der Waals surface area contributed by atoms with Crippen LogP contribution in [-0.4, -0.2) is 25.0 Å². The topological polar surface area (TPSA) is 36.3 Å². The fraction of sp³-hybridized carbons (Fsp3) is 0.381. The minimum Gasteiger partial charge on any atom is -0.494 e. The van der Waals surface area contributed by atoms with Crippen LogP contribution >= 0.6 is 15.9 Å². The first-order valence-corrected chi connectivity index (χ1v) is 10.2. The monoisotopic (exact) mass is 452 g/mol. The van der Waals surface area contributed by atoms with Crippen molar-refractivity contribution >= 4 is 21.6 Å². The Morgan fingerprint density at radius 3 is 2.57 bits per heavy atom. The molecule has 0 aromatic heterocycles. The summed E-state index contributed by atoms with van der Waals surface area (Å²) in [5.41, 5.74) is 1.02. The highest BCUT2D eigenvalue weighted by Crippen LogP contribution is 2.37. The molecule has 0 saturated carbocycles. The molecule has 1 heterocycles. The second-order valence-corrected chi connectivity index (χ2v) is 7.53. The molecule has 1 fully saturated rings. The molecular formula is C21H20BrF3N2O. The highest BCUT2D eigenvalue weighted by molar-refractivity contribution is 9.09. The van der Waals surface area contributed by atoms with Gasteiger partial charge in [0.25, 0.3) is 0 Å². The molecule has 3 rings (SSSR count). The highest BCUT2D eigenvalue weighted by atomic mass is 79.9. The third-order valence-electron chi connectivity index (χ3n) is 4.87. The van der Waals surface area contributed by atoms with Crippen LogP contribution in [0.4, 0.5) is 18.9 Å². The van der Waals surface area contributed by atoms with Crippen LogP contribution in [-0.2, 0) is 6.18 Å². The fourth-order valence-electron chi connectivity index (χ4n) is 3.40. The molecule has 2 aromatic rings. The van der Waals surface area contributed by atoms with E-state index in [0.717, 1.165) is 41.6 Å². The fourth-order valence-corrected chi connectivity index (χ4v) is 3.63. The van der Waals surface area contributed by atoms with Crippen LogP contribution in [0, 0.1) is 11.3 Å². The number of nitriles is 1. The van der Waals surface area contributed by atoms with E-state index in [2.05, 4.69) is 15.9 Å². The maximum atomic E-state index is 13.1. The number of halogens is 4. The van der Waals surface area contributed by atoms with Gasteiger partial charge in [0, 0.05) is 24.3 Å². The molecule has 0 N–H and O–H groups in total. The number of benzene rings is 2. The molecule has 2 aromatic carbocycles. The summed E-state index contributed by atoms with van der Waals surface area (Å²) >= 11 is 3.36. The standard InChI is InChI=1S/C21H20BrF3N2O/c22-9-1-11-28-19-6-3-15(4-7-19)17-8-10-27(14-17)20-12-18(21(23,24)25)5-2-16(20)13-26/h2-7,12,17H,1,8-11,14H2/t17-/m1/s1. The predicted octanol–water partition coefficient (Wildman–Crippen LogP) is 5.73. The minimum absolute atomic E-state index is 0.206. The van der Waals surface area contributed by atoms with Crippen LogP contribution in [0.1, 0.15) is 35.4 Å². The van der Waals surface area contributed by atoms with Crippen molar-refractivity contribution in [1.82, 2.24) is 0 Å². The van der Waals surface area contributed by atoms with Crippen LogP contribution in [0.15, 0.2) is 42.5 Å². The molecule has 0 aliphatic carbocycles. The van der Waals surface area contributed by atoms with E-state index >= 15 is 0 Å². The van der Waals surface area contributed by atoms with E-state index in [4.69, 9.17) is 4.74 Å². The molecular weight excluding hydrogens is 433 g/mol. The van der Waals surface area contributed by atoms with E-state index in [9.17, 15) is 18.4 Å². The normalized spacial score (nSPS) is 16.8. The molecule has 1 atom stereocenters. The van der Waals surface area contributed by atoms with Gasteiger partial charge in [-0.3, -0.25) is 0 Å². The Morgan fingerprint density at radius 2 is 1.93 bits per heavy atom. The van der Waals surface area contributed by atoms with Crippen molar-refractivity contribution in [2.75, 3.05) is 29.9 Å². The van der Waals surface area contributed by atoms with Crippen molar-refractivity contribution in [2.45, 2.75) is 24.9 Å². The van der Waals surface area contributed by atoms with Gasteiger partial charge in [0.15, 0.2) is 0 Å². The Hall–Kier alpha value is -2.20. The Balaban J connectivity index is 1.72. The van der Waals surface area contributed by atoms with Crippen LogP contribution < -0.4 is 9.64 Å². The van der Waals surface area contributed by atoms with Crippen molar-refractivity contribution < 1.29 is 17.9 Å². The van der Waals surface area contributed by atoms with E-state index in [1.165, 1.54) is 6.07 Å². The quantitative estimate of drug-likeness (QED) is 0.414. The molecule has 1 saturated heterocycles. The summed E-state index contributed by atoms with van der Waals surface area (Å²) < 4.78 is 44.8. The lowest BCUT2D eigenvalue weighted by atomic mass is 9.98. The van der Waals surface area contributed by atoms with Gasteiger partial charge in [-0.25, -0.2) is 0 Å². The van der Waals surface area contributed by atoms with Crippen molar-refractivity contribution in [1.29, 1.82) is 5.26 Å². The number of nitrogens with zero attached hydrogens (tertiary/aromatic N) is 2. The SMILES string of the molecule is N#Cc1ccc(C(F)(F)F)cc1N1CC[C@@H](c2ccc(OCCCBr)cc2)C1. The lowest BCUT2D eigenvalue weighted by Gasteiger charge is -2.21. The van der Waals surface area contributed by atoms with Crippen molar-refractivity contribution in [2.24, 2.45) is 0 Å². The number of alkyl halides is 4. The van der Waals surface area contributed by atoms with E-state index in [-0.39, 0.29) is 11.5 Å². The summed E-state index contributed by atoms with van der Waals surface area (Å²) in [6.07, 6.45) is -2.67. The number of anilines is 1. The van der Waals surface area contributed by atoms with Gasteiger partial charge in [0.2, 0.25) is 0 Å². The number of rotatable bonds is 6. The van der Waals surface area contributed by atoms with Crippen LogP contribution in [0.3, 0.4) is 0 Å². The smallest absolute Gasteiger partial charge is 0.416 e. The number of ether oxygens (including phenoxy) is 1. The average molecular weight is 453 g/mol. The summed E-state index contributed by atoms with van der Waals surface area (Å²) in [7, 11) is 0. The molecule has 1 aliphatic heterocycles. The van der Waals surface area contributed by atoms with Gasteiger partial charge in [-0.15, -0.1) is 0 Å². The molecule has 0 unspecified atom stereocenters. The first kappa shape index (κ1) is 20.5. The maximum absolute atomic E-state index is 13.1. The van der Waals surface area contributed by atoms with Crippen molar-refractivity contribution in [3.05, 3.63) is 59.2 Å². The molecule has 0 amide bonds. The van der Waals surface area contributed by atoms with E-state index in [1.54, 1.807) is 0 Å². The molecule has 28 heavy (non-hydrogen) atoms. The summed E-state index contributed by atoms with van der Waals surface area (Å²) in [5, 5.41) is 10.2. The highest BCUT2D eigenvalue weighted by Gasteiger charge is 2.33. The molecule has 0 spiro atoms. The molecule has 1 aliphatic rings. The average Bonchev–Trinajstić information content (AvgIpc) is 3.17. The maximum Gasteiger partial charge on any atom is 0.416 e. The zero-order chi connectivity index (χ0) is 20.1. The zero-order valence-corrected chi connectivity index (χ0v) is 16.8. The Morgan fingerprint density at radius 1 is 1.18 bits per heavy atom. The van der Waals surface area contributed by atoms with Gasteiger partial charge < -0.3 is 9.64 Å². The summed E-state index contributed by atoms with van der Waals surface area (Å²) in [6, 6.07) is 13.2. The summed E-state index contributed by atoms with van der Waals surface area (Å²) in [4.78, 5) is 1.87. The van der Waals surface area contributed by atoms with Gasteiger partial charge in [-0.1, -0.05) is 28.1 Å². The second-order valence-electron chi connectivity index (χ2n) is 6.73. The lowest BCUT2D eigenvalue weighted by Crippen LogP contribution is -2.21. The van der Waals surface area contributed by atoms with Crippen LogP contribution in [0.5, 0.6) is 5.75 Å². The predicted molar refractivity (Wildman–Crippen MR) is 106 cm³/mol. The van der Waals surface area contributed by atoms with Crippen LogP contribution in [0.2, 0.25) is 0 Å². The molecule has 3 nitrogen and oxygen atoms in total. The third-order valence-corrected chi connectivity index (χ3v) is 5.43. The summed E-state index contributed by atoms with van der Waals surface area (Å²) in [6.45, 7) is 1.85. The van der Waals surface area contributed by atoms with Gasteiger partial charge in [-0.2, -0.15) is 18.4 Å². The molecule has 0 bridgehead atoms. The van der Waals surface area contributed by atoms with Gasteiger partial charge >= 0.3 is 6.18 Å². The Bertz CT molecular complexity index is 846. The Labute approximate surface area is 170 Å². The first-order chi connectivity index (χ1) is 13.4. The molecule has 148 valence electrons.